The van der Waals surface area contributed by atoms with Gasteiger partial charge in [0.25, 0.3) is 0 Å². The number of carbonyl (C=O) groups excluding carboxylic acids is 1. The highest BCUT2D eigenvalue weighted by Gasteiger charge is 2.23. The van der Waals surface area contributed by atoms with E-state index >= 15 is 0 Å². The van der Waals surface area contributed by atoms with E-state index in [0.717, 1.165) is 0 Å². The summed E-state index contributed by atoms with van der Waals surface area (Å²) in [5, 5.41) is 2.88. The van der Waals surface area contributed by atoms with Crippen molar-refractivity contribution in [2.45, 2.75) is 34.1 Å². The molecule has 4 nitrogen and oxygen atoms in total. The van der Waals surface area contributed by atoms with Crippen molar-refractivity contribution in [3.63, 3.8) is 0 Å². The number of hydrogen-bond acceptors (Lipinski definition) is 3. The summed E-state index contributed by atoms with van der Waals surface area (Å²) in [7, 11) is 1.55. The van der Waals surface area contributed by atoms with Gasteiger partial charge in [-0.1, -0.05) is 46.0 Å². The lowest BCUT2D eigenvalue weighted by atomic mass is 9.80. The number of anilines is 1. The van der Waals surface area contributed by atoms with Gasteiger partial charge in [0.15, 0.2) is 0 Å². The zero-order valence-electron chi connectivity index (χ0n) is 13.3. The molecule has 5 heteroatoms. The van der Waals surface area contributed by atoms with Gasteiger partial charge >= 0.3 is 0 Å². The predicted octanol–water partition coefficient (Wildman–Crippen LogP) is 3.34. The number of carbonyl (C=O) groups is 1. The lowest BCUT2D eigenvalue weighted by Gasteiger charge is -2.26. The van der Waals surface area contributed by atoms with Crippen LogP contribution < -0.4 is 15.8 Å². The predicted molar refractivity (Wildman–Crippen MR) is 90.7 cm³/mol. The maximum atomic E-state index is 12.3. The number of rotatable bonds is 5. The molecule has 1 rings (SSSR count). The average Bonchev–Trinajstić information content (AvgIpc) is 2.37. The Hall–Kier alpha value is -1.62. The summed E-state index contributed by atoms with van der Waals surface area (Å²) < 4.78 is 5.28. The molecule has 3 N–H and O–H groups in total. The van der Waals surface area contributed by atoms with Crippen molar-refractivity contribution in [1.29, 1.82) is 0 Å². The molecule has 1 unspecified atom stereocenters. The maximum Gasteiger partial charge on any atom is 0.224 e. The minimum Gasteiger partial charge on any atom is -0.495 e. The molecule has 1 aromatic carbocycles. The third kappa shape index (κ3) is 4.70. The summed E-state index contributed by atoms with van der Waals surface area (Å²) in [6.07, 6.45) is 0.429. The first-order chi connectivity index (χ1) is 9.66. The van der Waals surface area contributed by atoms with E-state index in [2.05, 4.69) is 33.0 Å². The van der Waals surface area contributed by atoms with E-state index in [1.165, 1.54) is 0 Å². The van der Waals surface area contributed by atoms with Crippen molar-refractivity contribution < 1.29 is 9.53 Å². The summed E-state index contributed by atoms with van der Waals surface area (Å²) in [5.74, 6) is 0.733. The molecule has 0 aliphatic rings. The van der Waals surface area contributed by atoms with Crippen LogP contribution >= 0.6 is 12.2 Å². The van der Waals surface area contributed by atoms with Crippen LogP contribution in [0.4, 0.5) is 5.69 Å². The molecule has 0 spiro atoms. The molecule has 0 aliphatic heterocycles. The van der Waals surface area contributed by atoms with Gasteiger partial charge in [-0.25, -0.2) is 0 Å². The van der Waals surface area contributed by atoms with Crippen molar-refractivity contribution >= 4 is 28.8 Å². The van der Waals surface area contributed by atoms with E-state index in [0.29, 0.717) is 23.4 Å². The number of thiocarbonyl (C=S) groups is 1. The SMILES string of the molecule is COc1cccc(C(N)=S)c1NC(=O)CC(C)C(C)(C)C. The monoisotopic (exact) mass is 308 g/mol. The molecule has 0 saturated heterocycles. The number of amides is 1. The molecule has 0 aromatic heterocycles. The van der Waals surface area contributed by atoms with Gasteiger partial charge in [-0.2, -0.15) is 0 Å². The number of benzene rings is 1. The Morgan fingerprint density at radius 3 is 2.52 bits per heavy atom. The van der Waals surface area contributed by atoms with Crippen LogP contribution in [0.15, 0.2) is 18.2 Å². The highest BCUT2D eigenvalue weighted by atomic mass is 32.1. The van der Waals surface area contributed by atoms with E-state index in [4.69, 9.17) is 22.7 Å². The molecule has 0 aliphatic carbocycles. The fourth-order valence-electron chi connectivity index (χ4n) is 1.81. The Balaban J connectivity index is 2.97. The van der Waals surface area contributed by atoms with Crippen LogP contribution in [0.1, 0.15) is 39.7 Å². The number of hydrogen-bond donors (Lipinski definition) is 2. The minimum absolute atomic E-state index is 0.0700. The highest BCUT2D eigenvalue weighted by molar-refractivity contribution is 7.80. The summed E-state index contributed by atoms with van der Waals surface area (Å²) >= 11 is 5.03. The Labute approximate surface area is 132 Å². The second-order valence-corrected chi connectivity index (χ2v) is 6.71. The third-order valence-electron chi connectivity index (χ3n) is 3.75. The molecular formula is C16H24N2O2S. The van der Waals surface area contributed by atoms with Crippen LogP contribution in [0, 0.1) is 11.3 Å². The smallest absolute Gasteiger partial charge is 0.224 e. The quantitative estimate of drug-likeness (QED) is 0.819. The van der Waals surface area contributed by atoms with Gasteiger partial charge in [-0.15, -0.1) is 0 Å². The van der Waals surface area contributed by atoms with Gasteiger partial charge < -0.3 is 15.8 Å². The summed E-state index contributed by atoms with van der Waals surface area (Å²) in [5.41, 5.74) is 6.94. The first kappa shape index (κ1) is 17.4. The molecule has 0 heterocycles. The molecule has 116 valence electrons. The van der Waals surface area contributed by atoms with Crippen LogP contribution in [0.5, 0.6) is 5.75 Å². The molecule has 21 heavy (non-hydrogen) atoms. The molecule has 0 fully saturated rings. The van der Waals surface area contributed by atoms with Crippen molar-refractivity contribution in [3.05, 3.63) is 23.8 Å². The molecular weight excluding hydrogens is 284 g/mol. The second kappa shape index (κ2) is 6.89. The molecule has 0 radical (unpaired) electrons. The van der Waals surface area contributed by atoms with Crippen LogP contribution in [-0.4, -0.2) is 18.0 Å². The van der Waals surface area contributed by atoms with Gasteiger partial charge in [0.05, 0.1) is 12.8 Å². The topological polar surface area (TPSA) is 64.3 Å². The maximum absolute atomic E-state index is 12.3. The fourth-order valence-corrected chi connectivity index (χ4v) is 1.98. The Kier molecular flexibility index (Phi) is 5.72. The van der Waals surface area contributed by atoms with Crippen molar-refractivity contribution in [2.24, 2.45) is 17.1 Å². The van der Waals surface area contributed by atoms with Gasteiger partial charge in [0.1, 0.15) is 10.7 Å². The van der Waals surface area contributed by atoms with E-state index in [9.17, 15) is 4.79 Å². The van der Waals surface area contributed by atoms with Crippen LogP contribution in [0.2, 0.25) is 0 Å². The summed E-state index contributed by atoms with van der Waals surface area (Å²) in [6.45, 7) is 8.42. The van der Waals surface area contributed by atoms with Crippen molar-refractivity contribution in [1.82, 2.24) is 0 Å². The van der Waals surface area contributed by atoms with E-state index < -0.39 is 0 Å². The molecule has 0 saturated carbocycles. The lowest BCUT2D eigenvalue weighted by molar-refractivity contribution is -0.117. The van der Waals surface area contributed by atoms with E-state index in [1.807, 2.05) is 0 Å². The number of para-hydroxylation sites is 1. The summed E-state index contributed by atoms with van der Waals surface area (Å²) in [4.78, 5) is 12.5. The Morgan fingerprint density at radius 2 is 2.05 bits per heavy atom. The molecule has 1 atom stereocenters. The Morgan fingerprint density at radius 1 is 1.43 bits per heavy atom. The number of methoxy groups -OCH3 is 1. The molecule has 0 bridgehead atoms. The van der Waals surface area contributed by atoms with Gasteiger partial charge in [0.2, 0.25) is 5.91 Å². The van der Waals surface area contributed by atoms with Crippen LogP contribution in [0.3, 0.4) is 0 Å². The van der Waals surface area contributed by atoms with Crippen LogP contribution in [-0.2, 0) is 4.79 Å². The standard InChI is InChI=1S/C16H24N2O2S/c1-10(16(2,3)4)9-13(19)18-14-11(15(17)21)7-6-8-12(14)20-5/h6-8,10H,9H2,1-5H3,(H2,17,21)(H,18,19). The highest BCUT2D eigenvalue weighted by Crippen LogP contribution is 2.31. The minimum atomic E-state index is -0.0700. The first-order valence-corrected chi connectivity index (χ1v) is 7.34. The van der Waals surface area contributed by atoms with Crippen molar-refractivity contribution in [3.8, 4) is 5.75 Å². The zero-order valence-corrected chi connectivity index (χ0v) is 14.1. The molecule has 1 aromatic rings. The largest absolute Gasteiger partial charge is 0.495 e. The third-order valence-corrected chi connectivity index (χ3v) is 3.97. The van der Waals surface area contributed by atoms with Crippen molar-refractivity contribution in [2.75, 3.05) is 12.4 Å². The number of ether oxygens (including phenoxy) is 1. The average molecular weight is 308 g/mol. The fraction of sp³-hybridized carbons (Fsp3) is 0.500. The first-order valence-electron chi connectivity index (χ1n) is 6.93. The number of nitrogens with two attached hydrogens (primary N) is 1. The van der Waals surface area contributed by atoms with Crippen LogP contribution in [0.25, 0.3) is 0 Å². The van der Waals surface area contributed by atoms with E-state index in [-0.39, 0.29) is 22.2 Å². The Bertz CT molecular complexity index is 536. The summed E-state index contributed by atoms with van der Waals surface area (Å²) in [6, 6.07) is 5.33. The molecule has 1 amide bonds. The number of nitrogens with one attached hydrogen (secondary N) is 1. The van der Waals surface area contributed by atoms with Gasteiger partial charge in [-0.3, -0.25) is 4.79 Å². The van der Waals surface area contributed by atoms with E-state index in [1.54, 1.807) is 25.3 Å². The second-order valence-electron chi connectivity index (χ2n) is 6.27. The lowest BCUT2D eigenvalue weighted by Crippen LogP contribution is -2.25. The zero-order chi connectivity index (χ0) is 16.2. The normalized spacial score (nSPS) is 12.6. The van der Waals surface area contributed by atoms with Gasteiger partial charge in [-0.05, 0) is 23.5 Å². The van der Waals surface area contributed by atoms with Gasteiger partial charge in [0, 0.05) is 12.0 Å².